The zero-order valence-corrected chi connectivity index (χ0v) is 9.57. The Bertz CT molecular complexity index is 649. The van der Waals surface area contributed by atoms with E-state index in [9.17, 15) is 14.0 Å². The number of halogens is 1. The van der Waals surface area contributed by atoms with Gasteiger partial charge in [0.2, 0.25) is 0 Å². The molecule has 92 valence electrons. The first-order valence-corrected chi connectivity index (χ1v) is 5.19. The van der Waals surface area contributed by atoms with Crippen molar-refractivity contribution in [3.8, 4) is 11.3 Å². The maximum absolute atomic E-state index is 13.7. The summed E-state index contributed by atoms with van der Waals surface area (Å²) in [7, 11) is 1.18. The lowest BCUT2D eigenvalue weighted by Crippen LogP contribution is -2.05. The molecule has 0 radical (unpaired) electrons. The fraction of sp³-hybridized carbons (Fsp3) is 0.0769. The van der Waals surface area contributed by atoms with E-state index in [4.69, 9.17) is 0 Å². The van der Waals surface area contributed by atoms with Gasteiger partial charge < -0.3 is 9.72 Å². The van der Waals surface area contributed by atoms with Gasteiger partial charge in [0.15, 0.2) is 5.43 Å². The maximum Gasteiger partial charge on any atom is 0.340 e. The molecule has 0 aliphatic rings. The van der Waals surface area contributed by atoms with Crippen LogP contribution in [0.1, 0.15) is 10.4 Å². The van der Waals surface area contributed by atoms with E-state index in [1.165, 1.54) is 37.6 Å². The Balaban J connectivity index is 2.46. The fourth-order valence-corrected chi connectivity index (χ4v) is 1.57. The van der Waals surface area contributed by atoms with Crippen LogP contribution in [0.5, 0.6) is 0 Å². The van der Waals surface area contributed by atoms with Crippen LogP contribution >= 0.6 is 0 Å². The summed E-state index contributed by atoms with van der Waals surface area (Å²) in [5.74, 6) is -1.43. The average Bonchev–Trinajstić information content (AvgIpc) is 2.37. The van der Waals surface area contributed by atoms with E-state index in [1.807, 2.05) is 0 Å². The second kappa shape index (κ2) is 4.83. The van der Waals surface area contributed by atoms with E-state index < -0.39 is 11.8 Å². The Morgan fingerprint density at radius 3 is 2.67 bits per heavy atom. The minimum absolute atomic E-state index is 0.139. The number of nitrogens with one attached hydrogen (secondary N) is 1. The monoisotopic (exact) mass is 247 g/mol. The van der Waals surface area contributed by atoms with E-state index in [-0.39, 0.29) is 11.0 Å². The minimum atomic E-state index is -0.736. The minimum Gasteiger partial charge on any atom is -0.465 e. The first kappa shape index (κ1) is 12.0. The number of benzene rings is 1. The molecule has 0 aliphatic heterocycles. The molecule has 1 N–H and O–H groups in total. The number of hydrogen-bond donors (Lipinski definition) is 1. The van der Waals surface area contributed by atoms with Crippen molar-refractivity contribution in [2.24, 2.45) is 0 Å². The molecule has 0 atom stereocenters. The highest BCUT2D eigenvalue weighted by Crippen LogP contribution is 2.19. The summed E-state index contributed by atoms with van der Waals surface area (Å²) in [5.41, 5.74) is 0.649. The van der Waals surface area contributed by atoms with Crippen LogP contribution in [0.3, 0.4) is 0 Å². The first-order valence-electron chi connectivity index (χ1n) is 5.19. The smallest absolute Gasteiger partial charge is 0.340 e. The Hall–Kier alpha value is -2.43. The zero-order valence-electron chi connectivity index (χ0n) is 9.57. The molecular formula is C13H10FNO3. The SMILES string of the molecule is COC(=O)c1ccc(-c2cc(=O)cc[nH]2)cc1F. The van der Waals surface area contributed by atoms with Crippen LogP contribution in [0.25, 0.3) is 11.3 Å². The average molecular weight is 247 g/mol. The zero-order chi connectivity index (χ0) is 13.1. The van der Waals surface area contributed by atoms with Gasteiger partial charge in [-0.25, -0.2) is 9.18 Å². The van der Waals surface area contributed by atoms with Gasteiger partial charge >= 0.3 is 5.97 Å². The molecule has 0 bridgehead atoms. The van der Waals surface area contributed by atoms with Gasteiger partial charge in [-0.15, -0.1) is 0 Å². The van der Waals surface area contributed by atoms with Gasteiger partial charge in [0.05, 0.1) is 12.7 Å². The van der Waals surface area contributed by atoms with Crippen molar-refractivity contribution in [3.63, 3.8) is 0 Å². The summed E-state index contributed by atoms with van der Waals surface area (Å²) < 4.78 is 18.1. The Morgan fingerprint density at radius 1 is 1.28 bits per heavy atom. The summed E-state index contributed by atoms with van der Waals surface area (Å²) in [6, 6.07) is 6.76. The van der Waals surface area contributed by atoms with Gasteiger partial charge in [0, 0.05) is 29.6 Å². The van der Waals surface area contributed by atoms with Crippen LogP contribution in [0.2, 0.25) is 0 Å². The molecule has 5 heteroatoms. The largest absolute Gasteiger partial charge is 0.465 e. The highest BCUT2D eigenvalue weighted by atomic mass is 19.1. The predicted octanol–water partition coefficient (Wildman–Crippen LogP) is 1.97. The highest BCUT2D eigenvalue weighted by Gasteiger charge is 2.12. The lowest BCUT2D eigenvalue weighted by atomic mass is 10.1. The van der Waals surface area contributed by atoms with Gasteiger partial charge in [-0.05, 0) is 12.1 Å². The van der Waals surface area contributed by atoms with Gasteiger partial charge in [0.25, 0.3) is 0 Å². The summed E-state index contributed by atoms with van der Waals surface area (Å²) in [6.45, 7) is 0. The predicted molar refractivity (Wildman–Crippen MR) is 63.8 cm³/mol. The lowest BCUT2D eigenvalue weighted by Gasteiger charge is -2.04. The molecule has 4 nitrogen and oxygen atoms in total. The first-order chi connectivity index (χ1) is 8.61. The van der Waals surface area contributed by atoms with E-state index >= 15 is 0 Å². The Kier molecular flexibility index (Phi) is 3.23. The van der Waals surface area contributed by atoms with Gasteiger partial charge in [-0.1, -0.05) is 6.07 Å². The Labute approximate surface area is 102 Å². The van der Waals surface area contributed by atoms with E-state index in [0.717, 1.165) is 0 Å². The molecule has 0 fully saturated rings. The number of carbonyl (C=O) groups excluding carboxylic acids is 1. The third-order valence-electron chi connectivity index (χ3n) is 2.46. The molecular weight excluding hydrogens is 237 g/mol. The molecule has 1 aromatic carbocycles. The van der Waals surface area contributed by atoms with Crippen molar-refractivity contribution in [1.82, 2.24) is 4.98 Å². The number of pyridine rings is 1. The van der Waals surface area contributed by atoms with Crippen molar-refractivity contribution in [2.75, 3.05) is 7.11 Å². The molecule has 0 unspecified atom stereocenters. The van der Waals surface area contributed by atoms with Crippen LogP contribution in [0.4, 0.5) is 4.39 Å². The number of ether oxygens (including phenoxy) is 1. The third kappa shape index (κ3) is 2.29. The van der Waals surface area contributed by atoms with Crippen molar-refractivity contribution in [3.05, 3.63) is 58.1 Å². The number of aromatic nitrogens is 1. The quantitative estimate of drug-likeness (QED) is 0.825. The van der Waals surface area contributed by atoms with Gasteiger partial charge in [-0.2, -0.15) is 0 Å². The molecule has 18 heavy (non-hydrogen) atoms. The molecule has 0 amide bonds. The molecule has 0 saturated carbocycles. The van der Waals surface area contributed by atoms with Crippen molar-refractivity contribution in [2.45, 2.75) is 0 Å². The number of hydrogen-bond acceptors (Lipinski definition) is 3. The topological polar surface area (TPSA) is 59.2 Å². The number of carbonyl (C=O) groups is 1. The third-order valence-corrected chi connectivity index (χ3v) is 2.46. The molecule has 0 saturated heterocycles. The van der Waals surface area contributed by atoms with Crippen LogP contribution in [0.15, 0.2) is 41.3 Å². The second-order valence-electron chi connectivity index (χ2n) is 3.62. The summed E-state index contributed by atoms with van der Waals surface area (Å²) in [4.78, 5) is 25.2. The number of esters is 1. The number of aromatic amines is 1. The summed E-state index contributed by atoms with van der Waals surface area (Å²) in [6.07, 6.45) is 1.48. The van der Waals surface area contributed by atoms with Crippen molar-refractivity contribution in [1.29, 1.82) is 0 Å². The standard InChI is InChI=1S/C13H10FNO3/c1-18-13(17)10-3-2-8(6-11(10)14)12-7-9(16)4-5-15-12/h2-7H,1H3,(H,15,16). The van der Waals surface area contributed by atoms with Gasteiger partial charge in [0.1, 0.15) is 5.82 Å². The van der Waals surface area contributed by atoms with Crippen LogP contribution < -0.4 is 5.43 Å². The molecule has 1 aromatic heterocycles. The van der Waals surface area contributed by atoms with E-state index in [1.54, 1.807) is 6.07 Å². The molecule has 0 spiro atoms. The van der Waals surface area contributed by atoms with Gasteiger partial charge in [-0.3, -0.25) is 4.79 Å². The fourth-order valence-electron chi connectivity index (χ4n) is 1.57. The van der Waals surface area contributed by atoms with E-state index in [0.29, 0.717) is 11.3 Å². The number of H-pyrrole nitrogens is 1. The molecule has 2 rings (SSSR count). The van der Waals surface area contributed by atoms with Crippen LogP contribution in [-0.2, 0) is 4.74 Å². The Morgan fingerprint density at radius 2 is 2.06 bits per heavy atom. The molecule has 0 aliphatic carbocycles. The van der Waals surface area contributed by atoms with Crippen molar-refractivity contribution >= 4 is 5.97 Å². The van der Waals surface area contributed by atoms with Crippen molar-refractivity contribution < 1.29 is 13.9 Å². The van der Waals surface area contributed by atoms with Crippen LogP contribution in [0, 0.1) is 5.82 Å². The maximum atomic E-state index is 13.7. The lowest BCUT2D eigenvalue weighted by molar-refractivity contribution is 0.0595. The number of rotatable bonds is 2. The molecule has 2 aromatic rings. The highest BCUT2D eigenvalue weighted by molar-refractivity contribution is 5.90. The summed E-state index contributed by atoms with van der Waals surface area (Å²) in [5, 5.41) is 0. The van der Waals surface area contributed by atoms with Crippen LogP contribution in [-0.4, -0.2) is 18.1 Å². The van der Waals surface area contributed by atoms with E-state index in [2.05, 4.69) is 9.72 Å². The second-order valence-corrected chi connectivity index (χ2v) is 3.62. The normalized spacial score (nSPS) is 10.1. The number of methoxy groups -OCH3 is 1. The summed E-state index contributed by atoms with van der Waals surface area (Å²) >= 11 is 0. The molecule has 1 heterocycles.